The maximum Gasteiger partial charge on any atom is 0.0766 e. The molecule has 1 atom stereocenters. The number of benzene rings is 1. The third kappa shape index (κ3) is 4.11. The molecule has 5 heteroatoms. The van der Waals surface area contributed by atoms with Gasteiger partial charge in [0.05, 0.1) is 15.9 Å². The molecule has 0 bridgehead atoms. The molecule has 0 fully saturated rings. The number of hydrogen-bond donors (Lipinski definition) is 0. The number of nitrogens with zero attached hydrogens (tertiary/aromatic N) is 2. The van der Waals surface area contributed by atoms with Gasteiger partial charge in [0.15, 0.2) is 0 Å². The smallest absolute Gasteiger partial charge is 0.0766 e. The molecule has 1 heterocycles. The summed E-state index contributed by atoms with van der Waals surface area (Å²) in [5.41, 5.74) is 3.58. The van der Waals surface area contributed by atoms with Gasteiger partial charge in [-0.05, 0) is 52.7 Å². The van der Waals surface area contributed by atoms with Crippen molar-refractivity contribution < 1.29 is 0 Å². The van der Waals surface area contributed by atoms with E-state index in [1.54, 1.807) is 0 Å². The average molecular weight is 435 g/mol. The van der Waals surface area contributed by atoms with Crippen molar-refractivity contribution in [3.63, 3.8) is 0 Å². The highest BCUT2D eigenvalue weighted by Crippen LogP contribution is 2.27. The second-order valence-electron chi connectivity index (χ2n) is 5.20. The zero-order valence-corrected chi connectivity index (χ0v) is 16.2. The molecule has 1 unspecified atom stereocenters. The molecule has 0 amide bonds. The molecule has 0 radical (unpaired) electrons. The van der Waals surface area contributed by atoms with Crippen LogP contribution in [0.15, 0.2) is 28.7 Å². The lowest BCUT2D eigenvalue weighted by atomic mass is 9.96. The summed E-state index contributed by atoms with van der Waals surface area (Å²) < 4.78 is 3.14. The average Bonchev–Trinajstić information content (AvgIpc) is 2.75. The lowest BCUT2D eigenvalue weighted by Crippen LogP contribution is -2.13. The highest BCUT2D eigenvalue weighted by molar-refractivity contribution is 9.10. The molecule has 2 aromatic rings. The van der Waals surface area contributed by atoms with E-state index in [0.29, 0.717) is 5.92 Å². The third-order valence-corrected chi connectivity index (χ3v) is 5.87. The summed E-state index contributed by atoms with van der Waals surface area (Å²) in [4.78, 5) is 0. The van der Waals surface area contributed by atoms with Gasteiger partial charge in [0.1, 0.15) is 0 Å². The Bertz CT molecular complexity index is 610. The van der Waals surface area contributed by atoms with Gasteiger partial charge in [0, 0.05) is 17.4 Å². The molecule has 21 heavy (non-hydrogen) atoms. The Morgan fingerprint density at radius 1 is 1.29 bits per heavy atom. The number of aromatic nitrogens is 2. The number of alkyl halides is 1. The minimum absolute atomic E-state index is 0.487. The van der Waals surface area contributed by atoms with Gasteiger partial charge in [-0.25, -0.2) is 0 Å². The van der Waals surface area contributed by atoms with Gasteiger partial charge >= 0.3 is 0 Å². The number of aryl methyl sites for hydroxylation is 2. The van der Waals surface area contributed by atoms with Crippen LogP contribution in [0.5, 0.6) is 0 Å². The fourth-order valence-corrected chi connectivity index (χ4v) is 3.92. The van der Waals surface area contributed by atoms with Crippen LogP contribution in [0.1, 0.15) is 23.9 Å². The molecule has 2 nitrogen and oxygen atoms in total. The van der Waals surface area contributed by atoms with Crippen LogP contribution in [0.3, 0.4) is 0 Å². The Balaban J connectivity index is 2.16. The first-order chi connectivity index (χ1) is 10.1. The van der Waals surface area contributed by atoms with Crippen LogP contribution in [-0.4, -0.2) is 15.1 Å². The predicted molar refractivity (Wildman–Crippen MR) is 96.4 cm³/mol. The molecule has 0 aliphatic carbocycles. The van der Waals surface area contributed by atoms with Crippen molar-refractivity contribution in [2.24, 2.45) is 13.0 Å². The Morgan fingerprint density at radius 2 is 2.00 bits per heavy atom. The monoisotopic (exact) mass is 432 g/mol. The fraction of sp³-hybridized carbons (Fsp3) is 0.438. The lowest BCUT2D eigenvalue weighted by molar-refractivity contribution is 0.555. The van der Waals surface area contributed by atoms with Crippen molar-refractivity contribution in [3.8, 4) is 0 Å². The molecule has 0 saturated carbocycles. The van der Waals surface area contributed by atoms with Crippen LogP contribution >= 0.6 is 43.5 Å². The van der Waals surface area contributed by atoms with Gasteiger partial charge in [-0.15, -0.1) is 0 Å². The summed E-state index contributed by atoms with van der Waals surface area (Å²) in [6.45, 7) is 2.13. The highest BCUT2D eigenvalue weighted by atomic mass is 79.9. The fourth-order valence-electron chi connectivity index (χ4n) is 2.47. The third-order valence-electron chi connectivity index (χ3n) is 3.67. The van der Waals surface area contributed by atoms with Crippen molar-refractivity contribution >= 4 is 43.5 Å². The summed E-state index contributed by atoms with van der Waals surface area (Å²) in [5, 5.41) is 6.36. The Morgan fingerprint density at radius 3 is 2.57 bits per heavy atom. The zero-order valence-electron chi connectivity index (χ0n) is 12.2. The second-order valence-corrected chi connectivity index (χ2v) is 7.05. The Kier molecular flexibility index (Phi) is 6.33. The van der Waals surface area contributed by atoms with Crippen molar-refractivity contribution in [2.45, 2.75) is 26.2 Å². The maximum absolute atomic E-state index is 6.28. The predicted octanol–water partition coefficient (Wildman–Crippen LogP) is 5.19. The van der Waals surface area contributed by atoms with E-state index in [2.05, 4.69) is 49.9 Å². The summed E-state index contributed by atoms with van der Waals surface area (Å²) in [7, 11) is 2.01. The number of hydrogen-bond acceptors (Lipinski definition) is 1. The number of rotatable bonds is 6. The van der Waals surface area contributed by atoms with E-state index >= 15 is 0 Å². The van der Waals surface area contributed by atoms with Crippen LogP contribution in [0.4, 0.5) is 0 Å². The maximum atomic E-state index is 6.28. The van der Waals surface area contributed by atoms with Gasteiger partial charge in [-0.2, -0.15) is 5.10 Å². The summed E-state index contributed by atoms with van der Waals surface area (Å²) in [6, 6.07) is 8.08. The summed E-state index contributed by atoms with van der Waals surface area (Å²) in [5.74, 6) is 0.487. The summed E-state index contributed by atoms with van der Waals surface area (Å²) in [6.07, 6.45) is 2.88. The SMILES string of the molecule is CCc1nn(C)c(CC(CBr)Cc2ccccc2Cl)c1Br. The summed E-state index contributed by atoms with van der Waals surface area (Å²) >= 11 is 13.6. The van der Waals surface area contributed by atoms with E-state index < -0.39 is 0 Å². The van der Waals surface area contributed by atoms with Gasteiger partial charge in [0.2, 0.25) is 0 Å². The van der Waals surface area contributed by atoms with Crippen molar-refractivity contribution in [1.82, 2.24) is 9.78 Å². The normalized spacial score (nSPS) is 12.6. The van der Waals surface area contributed by atoms with E-state index in [9.17, 15) is 0 Å². The molecule has 2 rings (SSSR count). The van der Waals surface area contributed by atoms with Gasteiger partial charge in [0.25, 0.3) is 0 Å². The molecule has 0 spiro atoms. The largest absolute Gasteiger partial charge is 0.271 e. The van der Waals surface area contributed by atoms with E-state index in [1.807, 2.05) is 29.9 Å². The van der Waals surface area contributed by atoms with Crippen molar-refractivity contribution in [1.29, 1.82) is 0 Å². The molecule has 0 aliphatic rings. The molecule has 1 aromatic carbocycles. The molecule has 0 saturated heterocycles. The molecular weight excluding hydrogens is 415 g/mol. The Hall–Kier alpha value is -0.320. The van der Waals surface area contributed by atoms with E-state index in [1.165, 1.54) is 11.3 Å². The van der Waals surface area contributed by atoms with Crippen molar-refractivity contribution in [3.05, 3.63) is 50.7 Å². The van der Waals surface area contributed by atoms with Gasteiger partial charge < -0.3 is 0 Å². The topological polar surface area (TPSA) is 17.8 Å². The van der Waals surface area contributed by atoms with Crippen LogP contribution in [0.2, 0.25) is 5.02 Å². The van der Waals surface area contributed by atoms with Crippen LogP contribution in [0.25, 0.3) is 0 Å². The minimum atomic E-state index is 0.487. The van der Waals surface area contributed by atoms with E-state index in [-0.39, 0.29) is 0 Å². The van der Waals surface area contributed by atoms with E-state index in [4.69, 9.17) is 11.6 Å². The molecule has 0 aliphatic heterocycles. The Labute approximate surface area is 148 Å². The van der Waals surface area contributed by atoms with Crippen LogP contribution < -0.4 is 0 Å². The standard InChI is InChI=1S/C16H19Br2ClN2/c1-3-14-16(18)15(21(2)20-14)9-11(10-17)8-12-6-4-5-7-13(12)19/h4-7,11H,3,8-10H2,1-2H3. The van der Waals surface area contributed by atoms with Gasteiger partial charge in [-0.3, -0.25) is 4.68 Å². The van der Waals surface area contributed by atoms with E-state index in [0.717, 1.165) is 39.8 Å². The van der Waals surface area contributed by atoms with Gasteiger partial charge in [-0.1, -0.05) is 52.7 Å². The zero-order chi connectivity index (χ0) is 15.4. The van der Waals surface area contributed by atoms with Crippen LogP contribution in [-0.2, 0) is 26.3 Å². The molecule has 0 N–H and O–H groups in total. The highest BCUT2D eigenvalue weighted by Gasteiger charge is 2.18. The number of halogens is 3. The lowest BCUT2D eigenvalue weighted by Gasteiger charge is -2.15. The molecule has 114 valence electrons. The van der Waals surface area contributed by atoms with Crippen LogP contribution in [0, 0.1) is 5.92 Å². The second kappa shape index (κ2) is 7.80. The quantitative estimate of drug-likeness (QED) is 0.572. The first-order valence-corrected chi connectivity index (χ1v) is 9.35. The first kappa shape index (κ1) is 17.0. The minimum Gasteiger partial charge on any atom is -0.271 e. The molecule has 1 aromatic heterocycles. The molecular formula is C16H19Br2ClN2. The van der Waals surface area contributed by atoms with Crippen molar-refractivity contribution in [2.75, 3.05) is 5.33 Å². The first-order valence-electron chi connectivity index (χ1n) is 7.06.